The molecule has 4 heterocycles. The first-order valence-electron chi connectivity index (χ1n) is 10.4. The molecule has 3 aromatic heterocycles. The largest absolute Gasteiger partial charge is 0.481 e. The van der Waals surface area contributed by atoms with Crippen LogP contribution in [-0.2, 0) is 11.8 Å². The second-order valence-corrected chi connectivity index (χ2v) is 7.79. The van der Waals surface area contributed by atoms with Gasteiger partial charge in [-0.1, -0.05) is 0 Å². The molecule has 0 radical (unpaired) electrons. The van der Waals surface area contributed by atoms with Crippen molar-refractivity contribution < 1.29 is 14.3 Å². The van der Waals surface area contributed by atoms with E-state index in [-0.39, 0.29) is 24.7 Å². The molecule has 0 saturated carbocycles. The van der Waals surface area contributed by atoms with Crippen LogP contribution in [0.3, 0.4) is 0 Å². The summed E-state index contributed by atoms with van der Waals surface area (Å²) < 4.78 is 14.0. The van der Waals surface area contributed by atoms with E-state index in [0.29, 0.717) is 22.7 Å². The monoisotopic (exact) mass is 446 g/mol. The van der Waals surface area contributed by atoms with Crippen molar-refractivity contribution in [2.45, 2.75) is 12.1 Å². The van der Waals surface area contributed by atoms with Crippen molar-refractivity contribution in [3.05, 3.63) is 70.8 Å². The van der Waals surface area contributed by atoms with E-state index in [4.69, 9.17) is 9.47 Å². The Morgan fingerprint density at radius 3 is 2.73 bits per heavy atom. The minimum atomic E-state index is -0.429. The van der Waals surface area contributed by atoms with Crippen LogP contribution in [0.15, 0.2) is 59.7 Å². The zero-order chi connectivity index (χ0) is 22.9. The van der Waals surface area contributed by atoms with Crippen molar-refractivity contribution in [3.63, 3.8) is 0 Å². The molecule has 2 atom stereocenters. The molecule has 10 nitrogen and oxygen atoms in total. The third-order valence-corrected chi connectivity index (χ3v) is 5.72. The average molecular weight is 446 g/mol. The van der Waals surface area contributed by atoms with Crippen LogP contribution in [0.1, 0.15) is 16.4 Å². The maximum Gasteiger partial charge on any atom is 0.267 e. The Balaban J connectivity index is 1.40. The van der Waals surface area contributed by atoms with E-state index in [1.54, 1.807) is 49.4 Å². The summed E-state index contributed by atoms with van der Waals surface area (Å²) in [6.45, 7) is 0.553. The lowest BCUT2D eigenvalue weighted by molar-refractivity contribution is 0.0925. The number of carbonyl (C=O) groups is 1. The molecule has 1 aliphatic rings. The number of rotatable bonds is 5. The number of pyridine rings is 1. The van der Waals surface area contributed by atoms with Gasteiger partial charge in [0, 0.05) is 36.6 Å². The van der Waals surface area contributed by atoms with E-state index in [9.17, 15) is 9.59 Å². The van der Waals surface area contributed by atoms with Crippen LogP contribution in [0.4, 0.5) is 0 Å². The van der Waals surface area contributed by atoms with E-state index in [1.807, 2.05) is 18.2 Å². The minimum Gasteiger partial charge on any atom is -0.481 e. The van der Waals surface area contributed by atoms with E-state index in [0.717, 1.165) is 10.9 Å². The van der Waals surface area contributed by atoms with Gasteiger partial charge in [0.05, 0.1) is 43.0 Å². The molecule has 4 aromatic rings. The zero-order valence-corrected chi connectivity index (χ0v) is 18.1. The molecule has 33 heavy (non-hydrogen) atoms. The summed E-state index contributed by atoms with van der Waals surface area (Å²) in [6, 6.07) is 11.2. The molecule has 1 saturated heterocycles. The lowest BCUT2D eigenvalue weighted by Gasteiger charge is -2.20. The van der Waals surface area contributed by atoms with Crippen molar-refractivity contribution in [2.24, 2.45) is 7.05 Å². The molecular formula is C23H22N6O4. The number of benzene rings is 1. The lowest BCUT2D eigenvalue weighted by Crippen LogP contribution is -2.44. The number of carbonyl (C=O) groups excluding carboxylic acids is 1. The third-order valence-electron chi connectivity index (χ3n) is 5.72. The first kappa shape index (κ1) is 20.8. The molecule has 1 amide bonds. The predicted octanol–water partition coefficient (Wildman–Crippen LogP) is 1.57. The van der Waals surface area contributed by atoms with E-state index < -0.39 is 12.1 Å². The number of nitrogens with zero attached hydrogens (tertiary/aromatic N) is 5. The standard InChI is InChI=1S/C23H22N6O4/c1-28-23(32-2)16-4-3-15(11-18(16)26-28)22(31)25-19-12-33-13-20(19)29-21(30)6-5-17(27-29)14-7-9-24-10-8-14/h3-11,19-20H,12-13H2,1-2H3,(H,25,31). The second-order valence-electron chi connectivity index (χ2n) is 7.79. The van der Waals surface area contributed by atoms with Gasteiger partial charge in [0.2, 0.25) is 5.88 Å². The van der Waals surface area contributed by atoms with E-state index in [2.05, 4.69) is 20.5 Å². The number of aromatic nitrogens is 5. The highest BCUT2D eigenvalue weighted by molar-refractivity contribution is 5.98. The number of ether oxygens (including phenoxy) is 2. The zero-order valence-electron chi connectivity index (χ0n) is 18.1. The summed E-state index contributed by atoms with van der Waals surface area (Å²) in [7, 11) is 3.36. The topological polar surface area (TPSA) is 113 Å². The van der Waals surface area contributed by atoms with Crippen molar-refractivity contribution >= 4 is 16.8 Å². The molecule has 0 spiro atoms. The lowest BCUT2D eigenvalue weighted by atomic mass is 10.1. The fraction of sp³-hybridized carbons (Fsp3) is 0.261. The molecule has 10 heteroatoms. The molecule has 0 aliphatic carbocycles. The van der Waals surface area contributed by atoms with Crippen LogP contribution in [0, 0.1) is 0 Å². The maximum absolute atomic E-state index is 13.0. The first-order chi connectivity index (χ1) is 16.0. The van der Waals surface area contributed by atoms with Crippen LogP contribution >= 0.6 is 0 Å². The highest BCUT2D eigenvalue weighted by atomic mass is 16.5. The Labute approximate surface area is 188 Å². The highest BCUT2D eigenvalue weighted by Gasteiger charge is 2.33. The molecule has 2 unspecified atom stereocenters. The van der Waals surface area contributed by atoms with Crippen LogP contribution in [0.2, 0.25) is 0 Å². The summed E-state index contributed by atoms with van der Waals surface area (Å²) in [4.78, 5) is 29.6. The quantitative estimate of drug-likeness (QED) is 0.495. The normalized spacial score (nSPS) is 17.9. The smallest absolute Gasteiger partial charge is 0.267 e. The van der Waals surface area contributed by atoms with E-state index in [1.165, 1.54) is 10.7 Å². The predicted molar refractivity (Wildman–Crippen MR) is 120 cm³/mol. The van der Waals surface area contributed by atoms with Crippen molar-refractivity contribution in [3.8, 4) is 17.1 Å². The number of amides is 1. The second kappa shape index (κ2) is 8.47. The van der Waals surface area contributed by atoms with Gasteiger partial charge in [-0.05, 0) is 36.4 Å². The Morgan fingerprint density at radius 2 is 1.94 bits per heavy atom. The van der Waals surface area contributed by atoms with E-state index >= 15 is 0 Å². The van der Waals surface area contributed by atoms with Gasteiger partial charge < -0.3 is 14.8 Å². The fourth-order valence-electron chi connectivity index (χ4n) is 4.07. The van der Waals surface area contributed by atoms with Gasteiger partial charge in [0.25, 0.3) is 11.5 Å². The third kappa shape index (κ3) is 3.85. The maximum atomic E-state index is 13.0. The van der Waals surface area contributed by atoms with Crippen molar-refractivity contribution in [1.29, 1.82) is 0 Å². The molecule has 1 aliphatic heterocycles. The molecular weight excluding hydrogens is 424 g/mol. The number of fused-ring (bicyclic) bond motifs is 1. The Bertz CT molecular complexity index is 1380. The number of nitrogens with one attached hydrogen (secondary N) is 1. The number of methoxy groups -OCH3 is 1. The van der Waals surface area contributed by atoms with Crippen LogP contribution in [0.25, 0.3) is 22.2 Å². The molecule has 0 bridgehead atoms. The summed E-state index contributed by atoms with van der Waals surface area (Å²) in [5.74, 6) is 0.348. The van der Waals surface area contributed by atoms with Crippen molar-refractivity contribution in [2.75, 3.05) is 20.3 Å². The molecule has 5 rings (SSSR count). The molecule has 1 aromatic carbocycles. The number of hydrogen-bond acceptors (Lipinski definition) is 7. The van der Waals surface area contributed by atoms with Gasteiger partial charge in [-0.3, -0.25) is 14.6 Å². The van der Waals surface area contributed by atoms with Crippen LogP contribution < -0.4 is 15.6 Å². The van der Waals surface area contributed by atoms with Gasteiger partial charge in [0.15, 0.2) is 0 Å². The van der Waals surface area contributed by atoms with Crippen LogP contribution in [-0.4, -0.2) is 56.8 Å². The Kier molecular flexibility index (Phi) is 5.35. The fourth-order valence-corrected chi connectivity index (χ4v) is 4.07. The van der Waals surface area contributed by atoms with Gasteiger partial charge in [0.1, 0.15) is 6.04 Å². The highest BCUT2D eigenvalue weighted by Crippen LogP contribution is 2.26. The summed E-state index contributed by atoms with van der Waals surface area (Å²) in [5.41, 5.74) is 2.34. The number of aryl methyl sites for hydroxylation is 1. The summed E-state index contributed by atoms with van der Waals surface area (Å²) in [5, 5.41) is 12.7. The molecule has 168 valence electrons. The Morgan fingerprint density at radius 1 is 1.12 bits per heavy atom. The van der Waals surface area contributed by atoms with Gasteiger partial charge in [-0.2, -0.15) is 10.2 Å². The number of hydrogen-bond donors (Lipinski definition) is 1. The van der Waals surface area contributed by atoms with Gasteiger partial charge in [-0.15, -0.1) is 0 Å². The average Bonchev–Trinajstić information content (AvgIpc) is 3.42. The molecule has 1 N–H and O–H groups in total. The Hall–Kier alpha value is -4.05. The van der Waals surface area contributed by atoms with Gasteiger partial charge >= 0.3 is 0 Å². The summed E-state index contributed by atoms with van der Waals surface area (Å²) >= 11 is 0. The van der Waals surface area contributed by atoms with Crippen molar-refractivity contribution in [1.82, 2.24) is 29.9 Å². The first-order valence-corrected chi connectivity index (χ1v) is 10.4. The summed E-state index contributed by atoms with van der Waals surface area (Å²) in [6.07, 6.45) is 3.34. The SMILES string of the molecule is COc1c2ccc(C(=O)NC3COCC3n3nc(-c4ccncc4)ccc3=O)cc2nn1C. The minimum absolute atomic E-state index is 0.260. The van der Waals surface area contributed by atoms with Crippen LogP contribution in [0.5, 0.6) is 5.88 Å². The molecule has 1 fully saturated rings. The van der Waals surface area contributed by atoms with Gasteiger partial charge in [-0.25, -0.2) is 9.36 Å².